The molecule has 0 fully saturated rings. The molecule has 23 heavy (non-hydrogen) atoms. The first-order valence-corrected chi connectivity index (χ1v) is 8.98. The summed E-state index contributed by atoms with van der Waals surface area (Å²) in [6.45, 7) is 2.45. The maximum atomic E-state index is 11.4. The number of aromatic nitrogens is 2. The fraction of sp³-hybridized carbons (Fsp3) is 0.400. The van der Waals surface area contributed by atoms with Gasteiger partial charge in [-0.2, -0.15) is 5.10 Å². The second kappa shape index (κ2) is 7.01. The third-order valence-electron chi connectivity index (χ3n) is 3.32. The zero-order chi connectivity index (χ0) is 17.0. The van der Waals surface area contributed by atoms with E-state index in [0.717, 1.165) is 17.5 Å². The molecule has 2 aromatic rings. The van der Waals surface area contributed by atoms with Crippen molar-refractivity contribution in [1.29, 1.82) is 0 Å². The van der Waals surface area contributed by atoms with E-state index in [-0.39, 0.29) is 18.0 Å². The lowest BCUT2D eigenvalue weighted by Gasteiger charge is -2.15. The third kappa shape index (κ3) is 4.70. The number of nitrogens with zero attached hydrogens (tertiary/aromatic N) is 2. The van der Waals surface area contributed by atoms with Gasteiger partial charge in [0.1, 0.15) is 10.6 Å². The number of ether oxygens (including phenoxy) is 1. The first-order valence-electron chi connectivity index (χ1n) is 7.08. The molecule has 0 radical (unpaired) electrons. The van der Waals surface area contributed by atoms with E-state index in [9.17, 15) is 13.5 Å². The van der Waals surface area contributed by atoms with E-state index in [2.05, 4.69) is 10.4 Å². The van der Waals surface area contributed by atoms with Crippen LogP contribution in [0.2, 0.25) is 0 Å². The van der Waals surface area contributed by atoms with E-state index in [4.69, 9.17) is 4.74 Å². The lowest BCUT2D eigenvalue weighted by Crippen LogP contribution is -2.25. The lowest BCUT2D eigenvalue weighted by molar-refractivity contribution is 0.161. The number of sulfone groups is 1. The van der Waals surface area contributed by atoms with Gasteiger partial charge in [-0.15, -0.1) is 0 Å². The SMILES string of the molecule is COc1ccc(C)cc1NCC(O)Cn1cc(S(C)(=O)=O)cn1. The molecule has 0 aliphatic carbocycles. The van der Waals surface area contributed by atoms with Crippen molar-refractivity contribution in [1.82, 2.24) is 9.78 Å². The van der Waals surface area contributed by atoms with Crippen molar-refractivity contribution < 1.29 is 18.3 Å². The van der Waals surface area contributed by atoms with Crippen LogP contribution in [0.25, 0.3) is 0 Å². The van der Waals surface area contributed by atoms with Crippen LogP contribution in [-0.4, -0.2) is 49.3 Å². The van der Waals surface area contributed by atoms with E-state index >= 15 is 0 Å². The highest BCUT2D eigenvalue weighted by atomic mass is 32.2. The molecule has 8 heteroatoms. The average molecular weight is 339 g/mol. The van der Waals surface area contributed by atoms with Gasteiger partial charge in [0.2, 0.25) is 0 Å². The van der Waals surface area contributed by atoms with E-state index in [1.54, 1.807) is 7.11 Å². The number of nitrogens with one attached hydrogen (secondary N) is 1. The summed E-state index contributed by atoms with van der Waals surface area (Å²) in [6.07, 6.45) is 3.08. The summed E-state index contributed by atoms with van der Waals surface area (Å²) in [5.74, 6) is 0.696. The fourth-order valence-electron chi connectivity index (χ4n) is 2.10. The monoisotopic (exact) mass is 339 g/mol. The molecular weight excluding hydrogens is 318 g/mol. The van der Waals surface area contributed by atoms with Crippen LogP contribution in [0.3, 0.4) is 0 Å². The normalized spacial score (nSPS) is 12.9. The van der Waals surface area contributed by atoms with Gasteiger partial charge in [0, 0.05) is 19.0 Å². The Morgan fingerprint density at radius 2 is 2.17 bits per heavy atom. The Bertz CT molecular complexity index is 771. The van der Waals surface area contributed by atoms with E-state index < -0.39 is 15.9 Å². The van der Waals surface area contributed by atoms with E-state index in [1.165, 1.54) is 17.1 Å². The zero-order valence-corrected chi connectivity index (χ0v) is 14.2. The van der Waals surface area contributed by atoms with Gasteiger partial charge < -0.3 is 15.2 Å². The predicted octanol–water partition coefficient (Wildman–Crippen LogP) is 1.08. The quantitative estimate of drug-likeness (QED) is 0.784. The van der Waals surface area contributed by atoms with Gasteiger partial charge >= 0.3 is 0 Å². The first kappa shape index (κ1) is 17.3. The topological polar surface area (TPSA) is 93.5 Å². The maximum absolute atomic E-state index is 11.4. The predicted molar refractivity (Wildman–Crippen MR) is 87.6 cm³/mol. The van der Waals surface area contributed by atoms with Gasteiger partial charge in [-0.25, -0.2) is 8.42 Å². The Hall–Kier alpha value is -2.06. The molecule has 0 aliphatic rings. The molecule has 0 bridgehead atoms. The Kier molecular flexibility index (Phi) is 5.27. The van der Waals surface area contributed by atoms with Crippen molar-refractivity contribution in [2.45, 2.75) is 24.5 Å². The van der Waals surface area contributed by atoms with E-state index in [1.807, 2.05) is 25.1 Å². The minimum Gasteiger partial charge on any atom is -0.495 e. The van der Waals surface area contributed by atoms with Gasteiger partial charge in [0.15, 0.2) is 9.84 Å². The molecule has 0 amide bonds. The largest absolute Gasteiger partial charge is 0.495 e. The van der Waals surface area contributed by atoms with Crippen molar-refractivity contribution in [2.24, 2.45) is 0 Å². The Labute approximate surface area is 135 Å². The minimum absolute atomic E-state index is 0.137. The van der Waals surface area contributed by atoms with Crippen LogP contribution in [0, 0.1) is 6.92 Å². The summed E-state index contributed by atoms with van der Waals surface area (Å²) in [5, 5.41) is 17.2. The fourth-order valence-corrected chi connectivity index (χ4v) is 2.66. The number of hydrogen-bond donors (Lipinski definition) is 2. The van der Waals surface area contributed by atoms with Gasteiger partial charge in [0.25, 0.3) is 0 Å². The van der Waals surface area contributed by atoms with Crippen molar-refractivity contribution in [2.75, 3.05) is 25.2 Å². The molecule has 1 unspecified atom stereocenters. The Morgan fingerprint density at radius 1 is 1.43 bits per heavy atom. The second-order valence-electron chi connectivity index (χ2n) is 5.41. The number of aliphatic hydroxyl groups is 1. The first-order chi connectivity index (χ1) is 10.8. The summed E-state index contributed by atoms with van der Waals surface area (Å²) in [4.78, 5) is 0.137. The van der Waals surface area contributed by atoms with Crippen LogP contribution in [0.5, 0.6) is 5.75 Å². The molecule has 1 heterocycles. The Morgan fingerprint density at radius 3 is 2.78 bits per heavy atom. The summed E-state index contributed by atoms with van der Waals surface area (Å²) < 4.78 is 29.5. The molecular formula is C15H21N3O4S. The number of anilines is 1. The minimum atomic E-state index is -3.28. The molecule has 126 valence electrons. The highest BCUT2D eigenvalue weighted by Gasteiger charge is 2.13. The van der Waals surface area contributed by atoms with Crippen molar-refractivity contribution in [3.8, 4) is 5.75 Å². The van der Waals surface area contributed by atoms with Crippen LogP contribution < -0.4 is 10.1 Å². The van der Waals surface area contributed by atoms with Crippen LogP contribution in [0.4, 0.5) is 5.69 Å². The number of benzene rings is 1. The lowest BCUT2D eigenvalue weighted by atomic mass is 10.2. The van der Waals surface area contributed by atoms with E-state index in [0.29, 0.717) is 5.75 Å². The molecule has 1 aromatic heterocycles. The standard InChI is InChI=1S/C15H21N3O4S/c1-11-4-5-15(22-2)14(6-11)16-7-12(19)9-18-10-13(8-17-18)23(3,20)21/h4-6,8,10,12,16,19H,7,9H2,1-3H3. The van der Waals surface area contributed by atoms with Gasteiger partial charge in [-0.1, -0.05) is 6.07 Å². The van der Waals surface area contributed by atoms with Crippen molar-refractivity contribution in [3.63, 3.8) is 0 Å². The average Bonchev–Trinajstić information content (AvgIpc) is 2.94. The van der Waals surface area contributed by atoms with Gasteiger partial charge in [-0.3, -0.25) is 4.68 Å². The molecule has 7 nitrogen and oxygen atoms in total. The number of aryl methyl sites for hydroxylation is 1. The van der Waals surface area contributed by atoms with Crippen LogP contribution in [-0.2, 0) is 16.4 Å². The highest BCUT2D eigenvalue weighted by Crippen LogP contribution is 2.25. The summed E-state index contributed by atoms with van der Waals surface area (Å²) in [7, 11) is -1.70. The van der Waals surface area contributed by atoms with Crippen LogP contribution in [0.1, 0.15) is 5.56 Å². The molecule has 1 atom stereocenters. The number of rotatable bonds is 7. The molecule has 2 N–H and O–H groups in total. The smallest absolute Gasteiger partial charge is 0.178 e. The zero-order valence-electron chi connectivity index (χ0n) is 13.4. The third-order valence-corrected chi connectivity index (χ3v) is 4.39. The highest BCUT2D eigenvalue weighted by molar-refractivity contribution is 7.90. The molecule has 2 rings (SSSR count). The van der Waals surface area contributed by atoms with Crippen LogP contribution >= 0.6 is 0 Å². The van der Waals surface area contributed by atoms with Gasteiger partial charge in [0.05, 0.1) is 31.6 Å². The second-order valence-corrected chi connectivity index (χ2v) is 7.42. The number of aliphatic hydroxyl groups excluding tert-OH is 1. The van der Waals surface area contributed by atoms with Gasteiger partial charge in [-0.05, 0) is 24.6 Å². The maximum Gasteiger partial charge on any atom is 0.178 e. The summed E-state index contributed by atoms with van der Waals surface area (Å²) in [6, 6.07) is 5.73. The Balaban J connectivity index is 1.96. The van der Waals surface area contributed by atoms with Crippen molar-refractivity contribution in [3.05, 3.63) is 36.2 Å². The number of hydrogen-bond acceptors (Lipinski definition) is 6. The number of methoxy groups -OCH3 is 1. The molecule has 0 saturated heterocycles. The molecule has 0 aliphatic heterocycles. The molecule has 1 aromatic carbocycles. The van der Waals surface area contributed by atoms with Crippen LogP contribution in [0.15, 0.2) is 35.5 Å². The summed E-state index contributed by atoms with van der Waals surface area (Å²) >= 11 is 0. The molecule has 0 spiro atoms. The van der Waals surface area contributed by atoms with Crippen molar-refractivity contribution >= 4 is 15.5 Å². The summed E-state index contributed by atoms with van der Waals surface area (Å²) in [5.41, 5.74) is 1.87. The molecule has 0 saturated carbocycles.